The van der Waals surface area contributed by atoms with E-state index in [2.05, 4.69) is 19.0 Å². The highest BCUT2D eigenvalue weighted by atomic mass is 16.1. The third-order valence-electron chi connectivity index (χ3n) is 4.31. The van der Waals surface area contributed by atoms with E-state index in [1.807, 2.05) is 0 Å². The van der Waals surface area contributed by atoms with Crippen LogP contribution >= 0.6 is 0 Å². The van der Waals surface area contributed by atoms with Crippen molar-refractivity contribution < 1.29 is 4.79 Å². The van der Waals surface area contributed by atoms with Gasteiger partial charge in [-0.25, -0.2) is 0 Å². The van der Waals surface area contributed by atoms with E-state index in [1.165, 1.54) is 25.7 Å². The van der Waals surface area contributed by atoms with Crippen molar-refractivity contribution in [3.63, 3.8) is 0 Å². The molecule has 2 heteroatoms. The molecule has 0 amide bonds. The first-order valence-corrected chi connectivity index (χ1v) is 5.76. The smallest absolute Gasteiger partial charge is 0.131 e. The summed E-state index contributed by atoms with van der Waals surface area (Å²) in [7, 11) is 4.28. The molecule has 0 bridgehead atoms. The molecule has 0 aromatic heterocycles. The van der Waals surface area contributed by atoms with Crippen LogP contribution in [0.3, 0.4) is 0 Å². The second kappa shape index (κ2) is 3.34. The second-order valence-electron chi connectivity index (χ2n) is 5.26. The molecule has 80 valence electrons. The largest absolute Gasteiger partial charge is 0.303 e. The third-order valence-corrected chi connectivity index (χ3v) is 4.31. The minimum absolute atomic E-state index is 0.252. The van der Waals surface area contributed by atoms with Gasteiger partial charge < -0.3 is 4.90 Å². The number of hydrogen-bond acceptors (Lipinski definition) is 2. The number of fused-ring (bicyclic) bond motifs is 1. The van der Waals surface area contributed by atoms with E-state index in [0.717, 1.165) is 18.3 Å². The molecule has 2 aliphatic rings. The number of rotatable bonds is 3. The quantitative estimate of drug-likeness (QED) is 0.687. The number of hydrogen-bond donors (Lipinski definition) is 0. The lowest BCUT2D eigenvalue weighted by atomic mass is 10.0. The van der Waals surface area contributed by atoms with Crippen LogP contribution in [0.15, 0.2) is 0 Å². The lowest BCUT2D eigenvalue weighted by Crippen LogP contribution is -2.35. The van der Waals surface area contributed by atoms with Gasteiger partial charge in [0.1, 0.15) is 5.78 Å². The molecule has 14 heavy (non-hydrogen) atoms. The zero-order valence-corrected chi connectivity index (χ0v) is 9.55. The fraction of sp³-hybridized carbons (Fsp3) is 0.917. The normalized spacial score (nSPS) is 40.9. The van der Waals surface area contributed by atoms with Crippen molar-refractivity contribution in [3.05, 3.63) is 0 Å². The average molecular weight is 195 g/mol. The molecule has 2 nitrogen and oxygen atoms in total. The van der Waals surface area contributed by atoms with Crippen LogP contribution in [-0.2, 0) is 4.79 Å². The molecule has 0 N–H and O–H groups in total. The summed E-state index contributed by atoms with van der Waals surface area (Å²) in [5.74, 6) is 1.98. The van der Waals surface area contributed by atoms with Crippen LogP contribution in [0, 0.1) is 11.8 Å². The molecule has 0 radical (unpaired) electrons. The third kappa shape index (κ3) is 1.31. The van der Waals surface area contributed by atoms with E-state index in [1.54, 1.807) is 6.92 Å². The summed E-state index contributed by atoms with van der Waals surface area (Å²) in [6.07, 6.45) is 6.20. The minimum Gasteiger partial charge on any atom is -0.303 e. The van der Waals surface area contributed by atoms with E-state index in [-0.39, 0.29) is 5.54 Å². The maximum absolute atomic E-state index is 11.3. The van der Waals surface area contributed by atoms with Crippen LogP contribution in [0.25, 0.3) is 0 Å². The second-order valence-corrected chi connectivity index (χ2v) is 5.26. The van der Waals surface area contributed by atoms with Gasteiger partial charge in [0.15, 0.2) is 0 Å². The summed E-state index contributed by atoms with van der Waals surface area (Å²) in [6.45, 7) is 1.73. The van der Waals surface area contributed by atoms with Gasteiger partial charge in [-0.3, -0.25) is 4.79 Å². The average Bonchev–Trinajstić information content (AvgIpc) is 2.75. The molecule has 0 aromatic rings. The first kappa shape index (κ1) is 10.2. The Morgan fingerprint density at radius 2 is 1.79 bits per heavy atom. The number of carbonyl (C=O) groups is 1. The van der Waals surface area contributed by atoms with Gasteiger partial charge in [0.05, 0.1) is 0 Å². The predicted molar refractivity (Wildman–Crippen MR) is 57.2 cm³/mol. The van der Waals surface area contributed by atoms with Crippen molar-refractivity contribution in [3.8, 4) is 0 Å². The van der Waals surface area contributed by atoms with Gasteiger partial charge in [-0.2, -0.15) is 0 Å². The SMILES string of the molecule is CC(=O)CC1(N(C)C)[C@@H]2CCCC[C@@H]21. The first-order chi connectivity index (χ1) is 6.59. The zero-order chi connectivity index (χ0) is 10.3. The molecule has 3 atom stereocenters. The predicted octanol–water partition coefficient (Wildman–Crippen LogP) is 2.09. The van der Waals surface area contributed by atoms with E-state index < -0.39 is 0 Å². The number of carbonyl (C=O) groups excluding carboxylic acids is 1. The molecule has 2 fully saturated rings. The van der Waals surface area contributed by atoms with Gasteiger partial charge in [0.25, 0.3) is 0 Å². The van der Waals surface area contributed by atoms with Gasteiger partial charge in [-0.1, -0.05) is 12.8 Å². The molecule has 1 unspecified atom stereocenters. The highest BCUT2D eigenvalue weighted by Crippen LogP contribution is 2.62. The molecule has 0 aromatic carbocycles. The Morgan fingerprint density at radius 1 is 1.29 bits per heavy atom. The van der Waals surface area contributed by atoms with Crippen LogP contribution in [0.1, 0.15) is 39.0 Å². The van der Waals surface area contributed by atoms with Crippen molar-refractivity contribution in [2.24, 2.45) is 11.8 Å². The Labute approximate surface area is 86.7 Å². The maximum Gasteiger partial charge on any atom is 0.131 e. The molecule has 2 aliphatic carbocycles. The first-order valence-electron chi connectivity index (χ1n) is 5.76. The Hall–Kier alpha value is -0.370. The zero-order valence-electron chi connectivity index (χ0n) is 9.55. The van der Waals surface area contributed by atoms with Gasteiger partial charge in [0.2, 0.25) is 0 Å². The van der Waals surface area contributed by atoms with Gasteiger partial charge in [-0.05, 0) is 45.7 Å². The fourth-order valence-corrected chi connectivity index (χ4v) is 3.70. The van der Waals surface area contributed by atoms with Crippen molar-refractivity contribution >= 4 is 5.78 Å². The molecule has 0 aliphatic heterocycles. The summed E-state index contributed by atoms with van der Waals surface area (Å²) in [5, 5.41) is 0. The van der Waals surface area contributed by atoms with Crippen LogP contribution in [0.4, 0.5) is 0 Å². The number of ketones is 1. The molecule has 2 rings (SSSR count). The van der Waals surface area contributed by atoms with Crippen LogP contribution < -0.4 is 0 Å². The molecular formula is C12H21NO. The van der Waals surface area contributed by atoms with E-state index >= 15 is 0 Å². The molecule has 0 heterocycles. The fourth-order valence-electron chi connectivity index (χ4n) is 3.70. The van der Waals surface area contributed by atoms with Crippen molar-refractivity contribution in [1.29, 1.82) is 0 Å². The van der Waals surface area contributed by atoms with Crippen molar-refractivity contribution in [2.45, 2.75) is 44.6 Å². The minimum atomic E-state index is 0.252. The Kier molecular flexibility index (Phi) is 2.42. The van der Waals surface area contributed by atoms with Gasteiger partial charge in [0, 0.05) is 12.0 Å². The number of nitrogens with zero attached hydrogens (tertiary/aromatic N) is 1. The lowest BCUT2D eigenvalue weighted by molar-refractivity contribution is -0.118. The Bertz CT molecular complexity index is 235. The van der Waals surface area contributed by atoms with Crippen molar-refractivity contribution in [2.75, 3.05) is 14.1 Å². The van der Waals surface area contributed by atoms with Crippen LogP contribution in [0.2, 0.25) is 0 Å². The van der Waals surface area contributed by atoms with Crippen LogP contribution in [0.5, 0.6) is 0 Å². The highest BCUT2D eigenvalue weighted by molar-refractivity contribution is 5.77. The monoisotopic (exact) mass is 195 g/mol. The van der Waals surface area contributed by atoms with Gasteiger partial charge >= 0.3 is 0 Å². The van der Waals surface area contributed by atoms with E-state index in [4.69, 9.17) is 0 Å². The Morgan fingerprint density at radius 3 is 2.14 bits per heavy atom. The lowest BCUT2D eigenvalue weighted by Gasteiger charge is -2.25. The maximum atomic E-state index is 11.3. The summed E-state index contributed by atoms with van der Waals surface area (Å²) in [4.78, 5) is 13.6. The van der Waals surface area contributed by atoms with E-state index in [0.29, 0.717) is 5.78 Å². The molecule has 0 spiro atoms. The summed E-state index contributed by atoms with van der Waals surface area (Å²) < 4.78 is 0. The standard InChI is InChI=1S/C12H21NO/c1-9(14)8-12(13(2)3)10-6-4-5-7-11(10)12/h10-11H,4-8H2,1-3H3/t10-,11+,12?. The number of Topliss-reactive ketones (excluding diaryl/α,β-unsaturated/α-hetero) is 1. The highest BCUT2D eigenvalue weighted by Gasteiger charge is 2.65. The molecule has 0 saturated heterocycles. The topological polar surface area (TPSA) is 20.3 Å². The summed E-state index contributed by atoms with van der Waals surface area (Å²) in [5.41, 5.74) is 0.252. The van der Waals surface area contributed by atoms with Crippen molar-refractivity contribution in [1.82, 2.24) is 4.90 Å². The summed E-state index contributed by atoms with van der Waals surface area (Å²) in [6, 6.07) is 0. The van der Waals surface area contributed by atoms with E-state index in [9.17, 15) is 4.79 Å². The molecule has 2 saturated carbocycles. The molecular weight excluding hydrogens is 174 g/mol. The van der Waals surface area contributed by atoms with Crippen LogP contribution in [-0.4, -0.2) is 30.3 Å². The Balaban J connectivity index is 2.13. The van der Waals surface area contributed by atoms with Gasteiger partial charge in [-0.15, -0.1) is 0 Å². The summed E-state index contributed by atoms with van der Waals surface area (Å²) >= 11 is 0.